The summed E-state index contributed by atoms with van der Waals surface area (Å²) in [5, 5.41) is 14.4. The van der Waals surface area contributed by atoms with Gasteiger partial charge in [-0.2, -0.15) is 0 Å². The minimum absolute atomic E-state index is 0.00830. The van der Waals surface area contributed by atoms with E-state index >= 15 is 0 Å². The molecule has 118 valence electrons. The van der Waals surface area contributed by atoms with E-state index in [0.717, 1.165) is 3.57 Å². The fourth-order valence-corrected chi connectivity index (χ4v) is 2.75. The summed E-state index contributed by atoms with van der Waals surface area (Å²) in [6.45, 7) is 0. The van der Waals surface area contributed by atoms with E-state index in [1.54, 1.807) is 18.2 Å². The lowest BCUT2D eigenvalue weighted by atomic mass is 10.2. The summed E-state index contributed by atoms with van der Waals surface area (Å²) in [5.41, 5.74) is 0.958. The lowest BCUT2D eigenvalue weighted by Crippen LogP contribution is -2.34. The Morgan fingerprint density at radius 2 is 1.91 bits per heavy atom. The lowest BCUT2D eigenvalue weighted by molar-refractivity contribution is 0.0697. The van der Waals surface area contributed by atoms with Crippen LogP contribution in [0, 0.1) is 3.57 Å². The molecule has 0 bridgehead atoms. The third-order valence-electron chi connectivity index (χ3n) is 2.77. The van der Waals surface area contributed by atoms with Gasteiger partial charge in [0.25, 0.3) is 5.91 Å². The Labute approximate surface area is 156 Å². The number of carboxylic acids is 1. The van der Waals surface area contributed by atoms with Crippen molar-refractivity contribution in [3.8, 4) is 0 Å². The standard InChI is InChI=1S/C15H10ClIN2O3S/c16-12-7-10(4-5-11(12)14(21)22)18-15(23)19-13(20)8-2-1-3-9(17)6-8/h1-7H,(H,21,22)(H2,18,19,20,23). The van der Waals surface area contributed by atoms with Crippen molar-refractivity contribution in [1.82, 2.24) is 5.32 Å². The molecule has 8 heteroatoms. The molecule has 3 N–H and O–H groups in total. The Hall–Kier alpha value is -1.71. The first-order chi connectivity index (χ1) is 10.9. The molecule has 0 radical (unpaired) electrons. The summed E-state index contributed by atoms with van der Waals surface area (Å²) < 4.78 is 0.935. The number of anilines is 1. The minimum atomic E-state index is -1.11. The molecule has 2 rings (SSSR count). The first-order valence-electron chi connectivity index (χ1n) is 6.27. The second kappa shape index (κ2) is 7.71. The van der Waals surface area contributed by atoms with Crippen LogP contribution in [0.4, 0.5) is 5.69 Å². The van der Waals surface area contributed by atoms with Crippen LogP contribution in [0.5, 0.6) is 0 Å². The summed E-state index contributed by atoms with van der Waals surface area (Å²) in [5.74, 6) is -1.45. The van der Waals surface area contributed by atoms with E-state index in [1.165, 1.54) is 18.2 Å². The van der Waals surface area contributed by atoms with Gasteiger partial charge in [0.2, 0.25) is 0 Å². The van der Waals surface area contributed by atoms with Crippen molar-refractivity contribution in [3.63, 3.8) is 0 Å². The normalized spacial score (nSPS) is 10.0. The highest BCUT2D eigenvalue weighted by atomic mass is 127. The number of thiocarbonyl (C=S) groups is 1. The van der Waals surface area contributed by atoms with Crippen LogP contribution in [0.25, 0.3) is 0 Å². The molecule has 2 aromatic rings. The Bertz CT molecular complexity index is 798. The molecule has 2 aromatic carbocycles. The van der Waals surface area contributed by atoms with Crippen LogP contribution in [-0.4, -0.2) is 22.1 Å². The van der Waals surface area contributed by atoms with Gasteiger partial charge >= 0.3 is 5.97 Å². The zero-order valence-corrected chi connectivity index (χ0v) is 15.2. The monoisotopic (exact) mass is 460 g/mol. The van der Waals surface area contributed by atoms with E-state index in [4.69, 9.17) is 28.9 Å². The molecular weight excluding hydrogens is 451 g/mol. The maximum Gasteiger partial charge on any atom is 0.337 e. The lowest BCUT2D eigenvalue weighted by Gasteiger charge is -2.10. The Morgan fingerprint density at radius 1 is 1.17 bits per heavy atom. The highest BCUT2D eigenvalue weighted by Gasteiger charge is 2.11. The first kappa shape index (κ1) is 17.6. The Morgan fingerprint density at radius 3 is 2.52 bits per heavy atom. The predicted molar refractivity (Wildman–Crippen MR) is 101 cm³/mol. The SMILES string of the molecule is O=C(NC(=S)Nc1ccc(C(=O)O)c(Cl)c1)c1cccc(I)c1. The molecular formula is C15H10ClIN2O3S. The van der Waals surface area contributed by atoms with Crippen molar-refractivity contribution in [2.75, 3.05) is 5.32 Å². The zero-order chi connectivity index (χ0) is 17.0. The van der Waals surface area contributed by atoms with Gasteiger partial charge < -0.3 is 10.4 Å². The van der Waals surface area contributed by atoms with Crippen LogP contribution in [0.15, 0.2) is 42.5 Å². The van der Waals surface area contributed by atoms with Crippen molar-refractivity contribution in [2.24, 2.45) is 0 Å². The molecule has 23 heavy (non-hydrogen) atoms. The molecule has 0 spiro atoms. The van der Waals surface area contributed by atoms with Crippen molar-refractivity contribution in [2.45, 2.75) is 0 Å². The van der Waals surface area contributed by atoms with Crippen LogP contribution in [0.3, 0.4) is 0 Å². The molecule has 0 aromatic heterocycles. The average molecular weight is 461 g/mol. The summed E-state index contributed by atoms with van der Waals surface area (Å²) in [6, 6.07) is 11.4. The van der Waals surface area contributed by atoms with Crippen LogP contribution in [0.2, 0.25) is 5.02 Å². The first-order valence-corrected chi connectivity index (χ1v) is 8.14. The number of carbonyl (C=O) groups is 2. The molecule has 0 saturated carbocycles. The van der Waals surface area contributed by atoms with Gasteiger partial charge in [0.05, 0.1) is 10.6 Å². The third kappa shape index (κ3) is 4.88. The smallest absolute Gasteiger partial charge is 0.337 e. The van der Waals surface area contributed by atoms with Crippen molar-refractivity contribution < 1.29 is 14.7 Å². The van der Waals surface area contributed by atoms with E-state index < -0.39 is 5.97 Å². The molecule has 0 fully saturated rings. The summed E-state index contributed by atoms with van der Waals surface area (Å²) in [4.78, 5) is 23.0. The number of rotatable bonds is 3. The number of carboxylic acid groups (broad SMARTS) is 1. The number of hydrogen-bond donors (Lipinski definition) is 3. The Kier molecular flexibility index (Phi) is 5.91. The maximum absolute atomic E-state index is 12.1. The number of halogens is 2. The number of hydrogen-bond acceptors (Lipinski definition) is 3. The van der Waals surface area contributed by atoms with Gasteiger partial charge in [0.15, 0.2) is 5.11 Å². The van der Waals surface area contributed by atoms with E-state index in [1.807, 2.05) is 6.07 Å². The fourth-order valence-electron chi connectivity index (χ4n) is 1.73. The third-order valence-corrected chi connectivity index (χ3v) is 3.96. The highest BCUT2D eigenvalue weighted by Crippen LogP contribution is 2.21. The van der Waals surface area contributed by atoms with E-state index in [2.05, 4.69) is 33.2 Å². The number of nitrogens with one attached hydrogen (secondary N) is 2. The van der Waals surface area contributed by atoms with Crippen LogP contribution in [-0.2, 0) is 0 Å². The average Bonchev–Trinajstić information content (AvgIpc) is 2.46. The molecule has 0 aliphatic heterocycles. The Balaban J connectivity index is 2.03. The number of amides is 1. The second-order valence-corrected chi connectivity index (χ2v) is 6.48. The van der Waals surface area contributed by atoms with Gasteiger partial charge in [0, 0.05) is 14.8 Å². The van der Waals surface area contributed by atoms with Gasteiger partial charge in [-0.1, -0.05) is 17.7 Å². The summed E-state index contributed by atoms with van der Waals surface area (Å²) in [6.07, 6.45) is 0. The van der Waals surface area contributed by atoms with E-state index in [9.17, 15) is 9.59 Å². The van der Waals surface area contributed by atoms with E-state index in [-0.39, 0.29) is 21.6 Å². The maximum atomic E-state index is 12.1. The quantitative estimate of drug-likeness (QED) is 0.480. The van der Waals surface area contributed by atoms with E-state index in [0.29, 0.717) is 11.3 Å². The second-order valence-electron chi connectivity index (χ2n) is 4.42. The predicted octanol–water partition coefficient (Wildman–Crippen LogP) is 3.77. The molecule has 5 nitrogen and oxygen atoms in total. The zero-order valence-electron chi connectivity index (χ0n) is 11.5. The molecule has 1 amide bonds. The highest BCUT2D eigenvalue weighted by molar-refractivity contribution is 14.1. The molecule has 0 saturated heterocycles. The minimum Gasteiger partial charge on any atom is -0.478 e. The van der Waals surface area contributed by atoms with Gasteiger partial charge in [-0.15, -0.1) is 0 Å². The fraction of sp³-hybridized carbons (Fsp3) is 0. The van der Waals surface area contributed by atoms with Crippen LogP contribution < -0.4 is 10.6 Å². The number of carbonyl (C=O) groups excluding carboxylic acids is 1. The topological polar surface area (TPSA) is 78.4 Å². The van der Waals surface area contributed by atoms with Crippen molar-refractivity contribution in [1.29, 1.82) is 0 Å². The molecule has 0 atom stereocenters. The summed E-state index contributed by atoms with van der Waals surface area (Å²) >= 11 is 13.1. The summed E-state index contributed by atoms with van der Waals surface area (Å²) in [7, 11) is 0. The number of benzene rings is 2. The largest absolute Gasteiger partial charge is 0.478 e. The molecule has 0 heterocycles. The molecule has 0 aliphatic carbocycles. The molecule has 0 unspecified atom stereocenters. The van der Waals surface area contributed by atoms with Crippen LogP contribution in [0.1, 0.15) is 20.7 Å². The van der Waals surface area contributed by atoms with Crippen molar-refractivity contribution >= 4 is 69.1 Å². The van der Waals surface area contributed by atoms with Crippen molar-refractivity contribution in [3.05, 3.63) is 62.2 Å². The van der Waals surface area contributed by atoms with Gasteiger partial charge in [0.1, 0.15) is 0 Å². The number of aromatic carboxylic acids is 1. The molecule has 0 aliphatic rings. The van der Waals surface area contributed by atoms with Gasteiger partial charge in [-0.3, -0.25) is 10.1 Å². The van der Waals surface area contributed by atoms with Crippen LogP contribution >= 0.6 is 46.4 Å². The van der Waals surface area contributed by atoms with Gasteiger partial charge in [-0.05, 0) is 71.2 Å². The van der Waals surface area contributed by atoms with Gasteiger partial charge in [-0.25, -0.2) is 4.79 Å².